The Bertz CT molecular complexity index is 852. The molecule has 0 radical (unpaired) electrons. The largest absolute Gasteiger partial charge is 0.481 e. The molecule has 124 valence electrons. The van der Waals surface area contributed by atoms with Crippen LogP contribution in [0.1, 0.15) is 18.4 Å². The van der Waals surface area contributed by atoms with Crippen LogP contribution in [0.2, 0.25) is 0 Å². The number of carboxylic acid groups (broad SMARTS) is 1. The van der Waals surface area contributed by atoms with Crippen LogP contribution >= 0.6 is 11.3 Å². The number of nitrogens with zero attached hydrogens (tertiary/aromatic N) is 4. The van der Waals surface area contributed by atoms with Crippen molar-refractivity contribution in [1.29, 1.82) is 0 Å². The van der Waals surface area contributed by atoms with Crippen molar-refractivity contribution < 1.29 is 9.90 Å². The zero-order valence-corrected chi connectivity index (χ0v) is 14.2. The molecule has 3 aromatic rings. The molecule has 0 aliphatic carbocycles. The Morgan fingerprint density at radius 1 is 1.33 bits per heavy atom. The SMILES string of the molecule is Cc1ccc(-c2cn3nc(N4CCCC(C(=O)O)C4)sc3n2)cc1. The second-order valence-electron chi connectivity index (χ2n) is 6.23. The second kappa shape index (κ2) is 5.90. The van der Waals surface area contributed by atoms with Gasteiger partial charge in [0.2, 0.25) is 10.1 Å². The van der Waals surface area contributed by atoms with Gasteiger partial charge in [-0.15, -0.1) is 5.10 Å². The lowest BCUT2D eigenvalue weighted by atomic mass is 9.99. The maximum Gasteiger partial charge on any atom is 0.308 e. The van der Waals surface area contributed by atoms with Crippen LogP contribution in [0.15, 0.2) is 30.5 Å². The van der Waals surface area contributed by atoms with E-state index in [0.29, 0.717) is 6.54 Å². The van der Waals surface area contributed by atoms with Crippen LogP contribution in [0.3, 0.4) is 0 Å². The van der Waals surface area contributed by atoms with Gasteiger partial charge >= 0.3 is 5.97 Å². The van der Waals surface area contributed by atoms with E-state index in [1.165, 1.54) is 16.9 Å². The fraction of sp³-hybridized carbons (Fsp3) is 0.353. The first-order valence-corrected chi connectivity index (χ1v) is 8.83. The summed E-state index contributed by atoms with van der Waals surface area (Å²) in [5.41, 5.74) is 3.20. The summed E-state index contributed by atoms with van der Waals surface area (Å²) >= 11 is 1.51. The van der Waals surface area contributed by atoms with Crippen molar-refractivity contribution >= 4 is 27.4 Å². The van der Waals surface area contributed by atoms with E-state index in [0.717, 1.165) is 40.7 Å². The van der Waals surface area contributed by atoms with Crippen molar-refractivity contribution in [3.05, 3.63) is 36.0 Å². The quantitative estimate of drug-likeness (QED) is 0.792. The maximum atomic E-state index is 11.2. The number of aryl methyl sites for hydroxylation is 1. The Balaban J connectivity index is 1.59. The molecule has 1 aliphatic rings. The highest BCUT2D eigenvalue weighted by molar-refractivity contribution is 7.20. The number of aromatic nitrogens is 3. The van der Waals surface area contributed by atoms with Crippen LogP contribution in [0, 0.1) is 12.8 Å². The van der Waals surface area contributed by atoms with Gasteiger partial charge in [-0.3, -0.25) is 4.79 Å². The van der Waals surface area contributed by atoms with Crippen LogP contribution in [0.4, 0.5) is 5.13 Å². The number of piperidine rings is 1. The molecular formula is C17H18N4O2S. The summed E-state index contributed by atoms with van der Waals surface area (Å²) in [7, 11) is 0. The summed E-state index contributed by atoms with van der Waals surface area (Å²) in [4.78, 5) is 18.8. The Morgan fingerprint density at radius 2 is 2.12 bits per heavy atom. The summed E-state index contributed by atoms with van der Waals surface area (Å²) in [6, 6.07) is 8.26. The fourth-order valence-electron chi connectivity index (χ4n) is 3.03. The van der Waals surface area contributed by atoms with Crippen LogP contribution < -0.4 is 4.90 Å². The predicted molar refractivity (Wildman–Crippen MR) is 93.6 cm³/mol. The highest BCUT2D eigenvalue weighted by atomic mass is 32.1. The normalized spacial score (nSPS) is 18.2. The summed E-state index contributed by atoms with van der Waals surface area (Å²) in [6.45, 7) is 3.44. The van der Waals surface area contributed by atoms with E-state index in [1.54, 1.807) is 4.52 Å². The third-order valence-corrected chi connectivity index (χ3v) is 5.40. The lowest BCUT2D eigenvalue weighted by molar-refractivity contribution is -0.141. The lowest BCUT2D eigenvalue weighted by Gasteiger charge is -2.29. The Labute approximate surface area is 143 Å². The number of aliphatic carboxylic acids is 1. The van der Waals surface area contributed by atoms with Gasteiger partial charge in [0.1, 0.15) is 0 Å². The smallest absolute Gasteiger partial charge is 0.308 e. The van der Waals surface area contributed by atoms with Gasteiger partial charge in [-0.2, -0.15) is 0 Å². The van der Waals surface area contributed by atoms with Gasteiger partial charge in [-0.25, -0.2) is 9.50 Å². The maximum absolute atomic E-state index is 11.2. The molecule has 0 amide bonds. The molecular weight excluding hydrogens is 324 g/mol. The summed E-state index contributed by atoms with van der Waals surface area (Å²) in [6.07, 6.45) is 3.55. The molecule has 0 bridgehead atoms. The number of fused-ring (bicyclic) bond motifs is 1. The third-order valence-electron chi connectivity index (χ3n) is 4.42. The number of carbonyl (C=O) groups is 1. The summed E-state index contributed by atoms with van der Waals surface area (Å²) in [5, 5.41) is 14.7. The molecule has 0 spiro atoms. The molecule has 1 aromatic carbocycles. The van der Waals surface area contributed by atoms with Crippen molar-refractivity contribution in [2.45, 2.75) is 19.8 Å². The second-order valence-corrected chi connectivity index (χ2v) is 7.16. The zero-order chi connectivity index (χ0) is 16.7. The van der Waals surface area contributed by atoms with E-state index in [4.69, 9.17) is 0 Å². The minimum atomic E-state index is -0.720. The predicted octanol–water partition coefficient (Wildman–Crippen LogP) is 3.07. The first-order valence-electron chi connectivity index (χ1n) is 8.01. The van der Waals surface area contributed by atoms with Crippen LogP contribution in [0.25, 0.3) is 16.2 Å². The number of anilines is 1. The average molecular weight is 342 g/mol. The molecule has 24 heavy (non-hydrogen) atoms. The van der Waals surface area contributed by atoms with Gasteiger partial charge < -0.3 is 10.0 Å². The van der Waals surface area contributed by atoms with E-state index in [2.05, 4.69) is 46.2 Å². The molecule has 1 unspecified atom stereocenters. The number of carboxylic acids is 1. The standard InChI is InChI=1S/C17H18N4O2S/c1-11-4-6-12(7-5-11)14-10-21-16(18-14)24-17(19-21)20-8-2-3-13(9-20)15(22)23/h4-7,10,13H,2-3,8-9H2,1H3,(H,22,23). The van der Waals surface area contributed by atoms with Crippen molar-refractivity contribution in [2.75, 3.05) is 18.0 Å². The fourth-order valence-corrected chi connectivity index (χ4v) is 3.95. The molecule has 1 saturated heterocycles. The minimum Gasteiger partial charge on any atom is -0.481 e. The van der Waals surface area contributed by atoms with Crippen molar-refractivity contribution in [2.24, 2.45) is 5.92 Å². The highest BCUT2D eigenvalue weighted by Gasteiger charge is 2.27. The highest BCUT2D eigenvalue weighted by Crippen LogP contribution is 2.29. The van der Waals surface area contributed by atoms with Crippen LogP contribution in [-0.2, 0) is 4.79 Å². The van der Waals surface area contributed by atoms with Crippen LogP contribution in [-0.4, -0.2) is 38.8 Å². The van der Waals surface area contributed by atoms with Crippen molar-refractivity contribution in [3.8, 4) is 11.3 Å². The minimum absolute atomic E-state index is 0.307. The lowest BCUT2D eigenvalue weighted by Crippen LogP contribution is -2.38. The zero-order valence-electron chi connectivity index (χ0n) is 13.3. The molecule has 0 saturated carbocycles. The van der Waals surface area contributed by atoms with Crippen molar-refractivity contribution in [1.82, 2.24) is 14.6 Å². The molecule has 3 heterocycles. The molecule has 4 rings (SSSR count). The number of hydrogen-bond acceptors (Lipinski definition) is 5. The van der Waals surface area contributed by atoms with Gasteiger partial charge in [0.15, 0.2) is 0 Å². The molecule has 2 aromatic heterocycles. The Hall–Kier alpha value is -2.41. The molecule has 1 fully saturated rings. The number of hydrogen-bond donors (Lipinski definition) is 1. The molecule has 1 aliphatic heterocycles. The first kappa shape index (κ1) is 15.1. The van der Waals surface area contributed by atoms with Gasteiger partial charge in [-0.1, -0.05) is 41.2 Å². The Morgan fingerprint density at radius 3 is 2.83 bits per heavy atom. The third kappa shape index (κ3) is 2.75. The number of imidazole rings is 1. The summed E-state index contributed by atoms with van der Waals surface area (Å²) < 4.78 is 1.79. The number of rotatable bonds is 3. The van der Waals surface area contributed by atoms with E-state index in [1.807, 2.05) is 6.20 Å². The molecule has 6 nitrogen and oxygen atoms in total. The molecule has 1 N–H and O–H groups in total. The molecule has 7 heteroatoms. The summed E-state index contributed by atoms with van der Waals surface area (Å²) in [5.74, 6) is -1.03. The van der Waals surface area contributed by atoms with Gasteiger partial charge in [0.25, 0.3) is 0 Å². The molecule has 1 atom stereocenters. The van der Waals surface area contributed by atoms with Gasteiger partial charge in [-0.05, 0) is 19.8 Å². The Kier molecular flexibility index (Phi) is 3.72. The number of benzene rings is 1. The van der Waals surface area contributed by atoms with E-state index >= 15 is 0 Å². The van der Waals surface area contributed by atoms with E-state index in [-0.39, 0.29) is 5.92 Å². The average Bonchev–Trinajstić information content (AvgIpc) is 3.14. The van der Waals surface area contributed by atoms with Crippen molar-refractivity contribution in [3.63, 3.8) is 0 Å². The van der Waals surface area contributed by atoms with Crippen LogP contribution in [0.5, 0.6) is 0 Å². The topological polar surface area (TPSA) is 70.7 Å². The van der Waals surface area contributed by atoms with Gasteiger partial charge in [0, 0.05) is 18.7 Å². The van der Waals surface area contributed by atoms with E-state index in [9.17, 15) is 9.90 Å². The first-order chi connectivity index (χ1) is 11.6. The van der Waals surface area contributed by atoms with E-state index < -0.39 is 5.97 Å². The van der Waals surface area contributed by atoms with Gasteiger partial charge in [0.05, 0.1) is 17.8 Å². The monoisotopic (exact) mass is 342 g/mol.